The molecule has 0 unspecified atom stereocenters. The number of hydrogen-bond acceptors (Lipinski definition) is 2. The number of hydrogen-bond donors (Lipinski definition) is 0. The molecule has 51 heavy (non-hydrogen) atoms. The lowest BCUT2D eigenvalue weighted by molar-refractivity contribution is 1.26. The van der Waals surface area contributed by atoms with Crippen molar-refractivity contribution in [2.24, 2.45) is 0 Å². The van der Waals surface area contributed by atoms with E-state index >= 15 is 0 Å². The van der Waals surface area contributed by atoms with Gasteiger partial charge in [0.25, 0.3) is 0 Å². The molecule has 0 aromatic heterocycles. The maximum Gasteiger partial charge on any atom is 0.184 e. The Morgan fingerprint density at radius 1 is 0.373 bits per heavy atom. The highest BCUT2D eigenvalue weighted by molar-refractivity contribution is 7.21. The molecule has 0 spiro atoms. The lowest BCUT2D eigenvalue weighted by Crippen LogP contribution is -2.77. The number of para-hydroxylation sites is 4. The Labute approximate surface area is 301 Å². The van der Waals surface area contributed by atoms with Crippen LogP contribution in [0.4, 0.5) is 34.1 Å². The van der Waals surface area contributed by atoms with Crippen molar-refractivity contribution in [3.63, 3.8) is 0 Å². The van der Waals surface area contributed by atoms with Crippen LogP contribution in [0.3, 0.4) is 0 Å². The zero-order valence-electron chi connectivity index (χ0n) is 28.2. The molecular formula is C48H36N2Si. The van der Waals surface area contributed by atoms with Crippen molar-refractivity contribution in [1.82, 2.24) is 0 Å². The summed E-state index contributed by atoms with van der Waals surface area (Å²) in [6.07, 6.45) is 0. The second-order valence-corrected chi connectivity index (χ2v) is 16.7. The quantitative estimate of drug-likeness (QED) is 0.156. The van der Waals surface area contributed by atoms with Gasteiger partial charge in [-0.3, -0.25) is 0 Å². The van der Waals surface area contributed by atoms with E-state index in [4.69, 9.17) is 0 Å². The fourth-order valence-electron chi connectivity index (χ4n) is 7.97. The molecule has 1 aliphatic rings. The first-order valence-electron chi connectivity index (χ1n) is 17.5. The molecule has 0 bridgehead atoms. The van der Waals surface area contributed by atoms with Crippen LogP contribution in [0.15, 0.2) is 218 Å². The van der Waals surface area contributed by atoms with Gasteiger partial charge in [-0.25, -0.2) is 0 Å². The third-order valence-corrected chi connectivity index (χ3v) is 14.9. The van der Waals surface area contributed by atoms with Crippen molar-refractivity contribution >= 4 is 62.9 Å². The molecule has 8 aromatic rings. The predicted molar refractivity (Wildman–Crippen MR) is 218 cm³/mol. The van der Waals surface area contributed by atoms with Crippen molar-refractivity contribution in [3.05, 3.63) is 218 Å². The standard InChI is InChI=1S/C48H36N2Si/c1-6-20-37(21-7-1)43-30-16-17-31-44(43)49(38-22-8-2-9-23-38)40-34-35-46-48(36-40)51(41-26-12-4-13-27-41,42-28-14-5-15-29-42)47-33-19-18-32-45(47)50(46)39-24-10-3-11-25-39/h1-36H. The van der Waals surface area contributed by atoms with Crippen LogP contribution >= 0.6 is 0 Å². The first-order chi connectivity index (χ1) is 25.3. The third-order valence-electron chi connectivity index (χ3n) is 10.1. The average molecular weight is 669 g/mol. The van der Waals surface area contributed by atoms with Gasteiger partial charge in [0.05, 0.1) is 5.69 Å². The Hall–Kier alpha value is -6.42. The summed E-state index contributed by atoms with van der Waals surface area (Å²) in [6, 6.07) is 79.8. The molecule has 0 atom stereocenters. The number of benzene rings is 8. The SMILES string of the molecule is c1ccc(-c2ccccc2N(c2ccccc2)c2ccc3c(c2)[Si](c2ccccc2)(c2ccccc2)c2ccccc2N3c2ccccc2)cc1. The van der Waals surface area contributed by atoms with Gasteiger partial charge in [0.1, 0.15) is 0 Å². The molecular weight excluding hydrogens is 633 g/mol. The largest absolute Gasteiger partial charge is 0.311 e. The first-order valence-corrected chi connectivity index (χ1v) is 19.5. The smallest absolute Gasteiger partial charge is 0.184 e. The van der Waals surface area contributed by atoms with E-state index in [1.54, 1.807) is 0 Å². The summed E-state index contributed by atoms with van der Waals surface area (Å²) < 4.78 is 0. The second kappa shape index (κ2) is 13.1. The summed E-state index contributed by atoms with van der Waals surface area (Å²) in [5.41, 5.74) is 9.35. The van der Waals surface area contributed by atoms with Crippen LogP contribution in [-0.4, -0.2) is 8.07 Å². The summed E-state index contributed by atoms with van der Waals surface area (Å²) in [5, 5.41) is 5.47. The van der Waals surface area contributed by atoms with Crippen LogP contribution in [0.2, 0.25) is 0 Å². The van der Waals surface area contributed by atoms with Crippen LogP contribution < -0.4 is 30.5 Å². The number of rotatable bonds is 7. The minimum absolute atomic E-state index is 1.11. The topological polar surface area (TPSA) is 6.48 Å². The summed E-state index contributed by atoms with van der Waals surface area (Å²) in [4.78, 5) is 4.90. The molecule has 0 saturated heterocycles. The summed E-state index contributed by atoms with van der Waals surface area (Å²) in [5.74, 6) is 0. The molecule has 2 nitrogen and oxygen atoms in total. The molecule has 242 valence electrons. The van der Waals surface area contributed by atoms with Gasteiger partial charge < -0.3 is 9.80 Å². The zero-order chi connectivity index (χ0) is 34.0. The van der Waals surface area contributed by atoms with Gasteiger partial charge in [-0.2, -0.15) is 0 Å². The number of anilines is 6. The van der Waals surface area contributed by atoms with Crippen LogP contribution in [-0.2, 0) is 0 Å². The van der Waals surface area contributed by atoms with Gasteiger partial charge in [0.15, 0.2) is 8.07 Å². The van der Waals surface area contributed by atoms with Crippen LogP contribution in [0, 0.1) is 0 Å². The van der Waals surface area contributed by atoms with Crippen LogP contribution in [0.1, 0.15) is 0 Å². The molecule has 0 amide bonds. The normalized spacial score (nSPS) is 12.8. The Kier molecular flexibility index (Phi) is 7.88. The van der Waals surface area contributed by atoms with Crippen molar-refractivity contribution in [2.45, 2.75) is 0 Å². The van der Waals surface area contributed by atoms with E-state index in [9.17, 15) is 0 Å². The van der Waals surface area contributed by atoms with Gasteiger partial charge in [-0.1, -0.05) is 164 Å². The van der Waals surface area contributed by atoms with Crippen LogP contribution in [0.5, 0.6) is 0 Å². The maximum absolute atomic E-state index is 2.88. The van der Waals surface area contributed by atoms with E-state index in [0.29, 0.717) is 0 Å². The van der Waals surface area contributed by atoms with Crippen LogP contribution in [0.25, 0.3) is 11.1 Å². The molecule has 8 aromatic carbocycles. The summed E-state index contributed by atoms with van der Waals surface area (Å²) >= 11 is 0. The molecule has 1 aliphatic heterocycles. The molecule has 3 heteroatoms. The highest BCUT2D eigenvalue weighted by Gasteiger charge is 2.49. The van der Waals surface area contributed by atoms with Gasteiger partial charge >= 0.3 is 0 Å². The van der Waals surface area contributed by atoms with Gasteiger partial charge in [0, 0.05) is 34.0 Å². The van der Waals surface area contributed by atoms with E-state index in [1.165, 1.54) is 43.2 Å². The molecule has 0 fully saturated rings. The molecule has 1 heterocycles. The zero-order valence-corrected chi connectivity index (χ0v) is 29.2. The molecule has 0 aliphatic carbocycles. The minimum atomic E-state index is -2.88. The van der Waals surface area contributed by atoms with E-state index in [1.807, 2.05) is 0 Å². The van der Waals surface area contributed by atoms with Gasteiger partial charge in [-0.05, 0) is 80.9 Å². The first kappa shape index (κ1) is 30.6. The Morgan fingerprint density at radius 2 is 0.882 bits per heavy atom. The summed E-state index contributed by atoms with van der Waals surface area (Å²) in [7, 11) is -2.88. The van der Waals surface area contributed by atoms with Crippen molar-refractivity contribution < 1.29 is 0 Å². The highest BCUT2D eigenvalue weighted by Crippen LogP contribution is 2.43. The number of nitrogens with zero attached hydrogens (tertiary/aromatic N) is 2. The van der Waals surface area contributed by atoms with Gasteiger partial charge in [-0.15, -0.1) is 0 Å². The van der Waals surface area contributed by atoms with E-state index < -0.39 is 8.07 Å². The molecule has 0 saturated carbocycles. The lowest BCUT2D eigenvalue weighted by Gasteiger charge is -2.45. The van der Waals surface area contributed by atoms with E-state index in [2.05, 4.69) is 228 Å². The lowest BCUT2D eigenvalue weighted by atomic mass is 10.0. The summed E-state index contributed by atoms with van der Waals surface area (Å²) in [6.45, 7) is 0. The Balaban J connectivity index is 1.39. The van der Waals surface area contributed by atoms with Gasteiger partial charge in [0.2, 0.25) is 0 Å². The Bertz CT molecular complexity index is 2370. The Morgan fingerprint density at radius 3 is 1.55 bits per heavy atom. The second-order valence-electron chi connectivity index (χ2n) is 12.9. The fraction of sp³-hybridized carbons (Fsp3) is 0. The molecule has 9 rings (SSSR count). The minimum Gasteiger partial charge on any atom is -0.311 e. The third kappa shape index (κ3) is 5.18. The van der Waals surface area contributed by atoms with Crippen molar-refractivity contribution in [3.8, 4) is 11.1 Å². The van der Waals surface area contributed by atoms with Crippen molar-refractivity contribution in [2.75, 3.05) is 9.80 Å². The van der Waals surface area contributed by atoms with Crippen molar-refractivity contribution in [1.29, 1.82) is 0 Å². The monoisotopic (exact) mass is 668 g/mol. The molecule has 0 radical (unpaired) electrons. The highest BCUT2D eigenvalue weighted by atomic mass is 28.3. The average Bonchev–Trinajstić information content (AvgIpc) is 3.22. The number of fused-ring (bicyclic) bond motifs is 2. The molecule has 0 N–H and O–H groups in total. The predicted octanol–water partition coefficient (Wildman–Crippen LogP) is 9.98. The van der Waals surface area contributed by atoms with E-state index in [-0.39, 0.29) is 0 Å². The maximum atomic E-state index is 2.50. The fourth-order valence-corrected chi connectivity index (χ4v) is 13.1. The van der Waals surface area contributed by atoms with E-state index in [0.717, 1.165) is 22.7 Å².